The summed E-state index contributed by atoms with van der Waals surface area (Å²) in [6.45, 7) is 3.44. The number of halogens is 2. The highest BCUT2D eigenvalue weighted by molar-refractivity contribution is 9.10. The zero-order chi connectivity index (χ0) is 10.1. The number of likely N-dealkylation sites (N-methyl/N-ethyl adjacent to an activating group) is 1. The van der Waals surface area contributed by atoms with Crippen molar-refractivity contribution < 1.29 is 9.13 Å². The average molecular weight is 260 g/mol. The van der Waals surface area contributed by atoms with Gasteiger partial charge >= 0.3 is 0 Å². The van der Waals surface area contributed by atoms with Crippen LogP contribution in [0, 0.1) is 5.82 Å². The number of nitrogens with one attached hydrogen (secondary N) is 1. The summed E-state index contributed by atoms with van der Waals surface area (Å²) in [5.74, 6) is 0.529. The Labute approximate surface area is 90.6 Å². The minimum absolute atomic E-state index is 0.113. The van der Waals surface area contributed by atoms with Crippen molar-refractivity contribution in [1.29, 1.82) is 0 Å². The molecule has 0 saturated heterocycles. The van der Waals surface area contributed by atoms with Crippen molar-refractivity contribution in [3.05, 3.63) is 28.0 Å². The Morgan fingerprint density at radius 3 is 3.14 bits per heavy atom. The molecule has 0 aromatic heterocycles. The number of ether oxygens (including phenoxy) is 1. The Balaban J connectivity index is 2.38. The summed E-state index contributed by atoms with van der Waals surface area (Å²) < 4.78 is 19.3. The van der Waals surface area contributed by atoms with Crippen LogP contribution >= 0.6 is 15.9 Å². The normalized spacial score (nSPS) is 19.2. The second kappa shape index (κ2) is 3.87. The molecule has 14 heavy (non-hydrogen) atoms. The predicted octanol–water partition coefficient (Wildman–Crippen LogP) is 2.63. The van der Waals surface area contributed by atoms with Crippen LogP contribution < -0.4 is 10.1 Å². The topological polar surface area (TPSA) is 21.3 Å². The molecule has 0 radical (unpaired) electrons. The van der Waals surface area contributed by atoms with E-state index >= 15 is 0 Å². The first-order chi connectivity index (χ1) is 6.72. The molecule has 4 heteroatoms. The molecule has 0 aliphatic carbocycles. The summed E-state index contributed by atoms with van der Waals surface area (Å²) >= 11 is 3.28. The van der Waals surface area contributed by atoms with Gasteiger partial charge in [0.25, 0.3) is 0 Å². The summed E-state index contributed by atoms with van der Waals surface area (Å²) in [5.41, 5.74) is 0.902. The summed E-state index contributed by atoms with van der Waals surface area (Å²) in [5, 5.41) is 3.24. The van der Waals surface area contributed by atoms with Gasteiger partial charge in [-0.05, 0) is 34.6 Å². The maximum atomic E-state index is 13.1. The number of hydrogen-bond acceptors (Lipinski definition) is 2. The second-order valence-corrected chi connectivity index (χ2v) is 4.08. The van der Waals surface area contributed by atoms with Crippen molar-refractivity contribution in [1.82, 2.24) is 5.32 Å². The van der Waals surface area contributed by atoms with Crippen LogP contribution in [-0.4, -0.2) is 13.2 Å². The van der Waals surface area contributed by atoms with Gasteiger partial charge in [0.15, 0.2) is 0 Å². The lowest BCUT2D eigenvalue weighted by atomic mass is 10.1. The van der Waals surface area contributed by atoms with Crippen molar-refractivity contribution in [3.8, 4) is 5.75 Å². The first-order valence-corrected chi connectivity index (χ1v) is 5.36. The first-order valence-electron chi connectivity index (χ1n) is 4.57. The quantitative estimate of drug-likeness (QED) is 0.882. The summed E-state index contributed by atoms with van der Waals surface area (Å²) in [7, 11) is 0. The Morgan fingerprint density at radius 1 is 1.64 bits per heavy atom. The van der Waals surface area contributed by atoms with E-state index in [1.54, 1.807) is 0 Å². The van der Waals surface area contributed by atoms with Crippen molar-refractivity contribution in [2.24, 2.45) is 0 Å². The van der Waals surface area contributed by atoms with E-state index in [0.717, 1.165) is 17.9 Å². The maximum Gasteiger partial charge on any atom is 0.138 e. The highest BCUT2D eigenvalue weighted by atomic mass is 79.9. The average Bonchev–Trinajstić information content (AvgIpc) is 2.49. The van der Waals surface area contributed by atoms with Crippen molar-refractivity contribution in [3.63, 3.8) is 0 Å². The molecule has 1 aliphatic heterocycles. The molecule has 2 nitrogen and oxygen atoms in total. The molecule has 2 rings (SSSR count). The van der Waals surface area contributed by atoms with Crippen LogP contribution in [0.3, 0.4) is 0 Å². The lowest BCUT2D eigenvalue weighted by molar-refractivity contribution is 0.312. The molecule has 1 aromatic carbocycles. The van der Waals surface area contributed by atoms with Crippen LogP contribution in [0.5, 0.6) is 5.75 Å². The van der Waals surface area contributed by atoms with Crippen molar-refractivity contribution in [2.45, 2.75) is 13.0 Å². The predicted molar refractivity (Wildman–Crippen MR) is 56.0 cm³/mol. The van der Waals surface area contributed by atoms with E-state index in [1.807, 2.05) is 6.92 Å². The van der Waals surface area contributed by atoms with Gasteiger partial charge in [0.1, 0.15) is 18.2 Å². The molecule has 76 valence electrons. The fourth-order valence-electron chi connectivity index (χ4n) is 1.66. The van der Waals surface area contributed by atoms with E-state index in [4.69, 9.17) is 4.74 Å². The smallest absolute Gasteiger partial charge is 0.138 e. The molecular formula is C10H11BrFNO. The number of benzene rings is 1. The monoisotopic (exact) mass is 259 g/mol. The van der Waals surface area contributed by atoms with Gasteiger partial charge < -0.3 is 10.1 Å². The summed E-state index contributed by atoms with van der Waals surface area (Å²) in [6, 6.07) is 3.06. The van der Waals surface area contributed by atoms with E-state index in [1.165, 1.54) is 12.1 Å². The number of hydrogen-bond donors (Lipinski definition) is 1. The van der Waals surface area contributed by atoms with E-state index in [-0.39, 0.29) is 11.9 Å². The molecule has 0 saturated carbocycles. The molecule has 0 spiro atoms. The lowest BCUT2D eigenvalue weighted by Crippen LogP contribution is -2.21. The summed E-state index contributed by atoms with van der Waals surface area (Å²) in [6.07, 6.45) is 0. The Morgan fingerprint density at radius 2 is 2.43 bits per heavy atom. The molecular weight excluding hydrogens is 249 g/mol. The minimum atomic E-state index is -0.232. The molecule has 1 heterocycles. The largest absolute Gasteiger partial charge is 0.490 e. The summed E-state index contributed by atoms with van der Waals surface area (Å²) in [4.78, 5) is 0. The van der Waals surface area contributed by atoms with Crippen LogP contribution in [0.25, 0.3) is 0 Å². The van der Waals surface area contributed by atoms with Gasteiger partial charge in [-0.15, -0.1) is 0 Å². The van der Waals surface area contributed by atoms with E-state index in [9.17, 15) is 4.39 Å². The molecule has 1 atom stereocenters. The highest BCUT2D eigenvalue weighted by Crippen LogP contribution is 2.39. The lowest BCUT2D eigenvalue weighted by Gasteiger charge is -2.08. The van der Waals surface area contributed by atoms with Gasteiger partial charge in [0, 0.05) is 5.56 Å². The van der Waals surface area contributed by atoms with Crippen LogP contribution in [0.2, 0.25) is 0 Å². The van der Waals surface area contributed by atoms with E-state index in [0.29, 0.717) is 11.1 Å². The van der Waals surface area contributed by atoms with Crippen LogP contribution in [0.1, 0.15) is 18.5 Å². The number of rotatable bonds is 2. The van der Waals surface area contributed by atoms with Gasteiger partial charge in [-0.2, -0.15) is 0 Å². The van der Waals surface area contributed by atoms with Crippen LogP contribution in [0.4, 0.5) is 4.39 Å². The SMILES string of the molecule is CCNC1COc2c(Br)cc(F)cc21. The highest BCUT2D eigenvalue weighted by Gasteiger charge is 2.26. The first kappa shape index (κ1) is 9.93. The molecule has 0 fully saturated rings. The van der Waals surface area contributed by atoms with Crippen LogP contribution in [0.15, 0.2) is 16.6 Å². The van der Waals surface area contributed by atoms with Gasteiger partial charge in [0.05, 0.1) is 10.5 Å². The molecule has 1 unspecified atom stereocenters. The van der Waals surface area contributed by atoms with E-state index in [2.05, 4.69) is 21.2 Å². The third-order valence-electron chi connectivity index (χ3n) is 2.26. The van der Waals surface area contributed by atoms with Gasteiger partial charge in [-0.1, -0.05) is 6.92 Å². The second-order valence-electron chi connectivity index (χ2n) is 3.23. The molecule has 1 aliphatic rings. The minimum Gasteiger partial charge on any atom is -0.490 e. The maximum absolute atomic E-state index is 13.1. The Kier molecular flexibility index (Phi) is 2.74. The molecule has 1 aromatic rings. The Hall–Kier alpha value is -0.610. The van der Waals surface area contributed by atoms with E-state index < -0.39 is 0 Å². The van der Waals surface area contributed by atoms with Gasteiger partial charge in [-0.3, -0.25) is 0 Å². The molecule has 0 amide bonds. The van der Waals surface area contributed by atoms with Crippen LogP contribution in [-0.2, 0) is 0 Å². The van der Waals surface area contributed by atoms with Crippen molar-refractivity contribution in [2.75, 3.05) is 13.2 Å². The number of fused-ring (bicyclic) bond motifs is 1. The standard InChI is InChI=1S/C10H11BrFNO/c1-2-13-9-5-14-10-7(9)3-6(12)4-8(10)11/h3-4,9,13H,2,5H2,1H3. The fourth-order valence-corrected chi connectivity index (χ4v) is 2.23. The zero-order valence-electron chi connectivity index (χ0n) is 7.81. The molecule has 1 N–H and O–H groups in total. The molecule has 0 bridgehead atoms. The fraction of sp³-hybridized carbons (Fsp3) is 0.400. The third kappa shape index (κ3) is 1.64. The van der Waals surface area contributed by atoms with Gasteiger partial charge in [0.2, 0.25) is 0 Å². The Bertz CT molecular complexity index is 356. The third-order valence-corrected chi connectivity index (χ3v) is 2.85. The zero-order valence-corrected chi connectivity index (χ0v) is 9.40. The van der Waals surface area contributed by atoms with Gasteiger partial charge in [-0.25, -0.2) is 4.39 Å². The van der Waals surface area contributed by atoms with Crippen molar-refractivity contribution >= 4 is 15.9 Å².